The predicted octanol–water partition coefficient (Wildman–Crippen LogP) is 3.75. The highest BCUT2D eigenvalue weighted by Gasteiger charge is 2.25. The average Bonchev–Trinajstić information content (AvgIpc) is 3.11. The van der Waals surface area contributed by atoms with Gasteiger partial charge in [0.25, 0.3) is 5.89 Å². The minimum atomic E-state index is -0.213. The second-order valence-electron chi connectivity index (χ2n) is 6.58. The van der Waals surface area contributed by atoms with Gasteiger partial charge in [0.1, 0.15) is 5.82 Å². The largest absolute Gasteiger partial charge is 0.334 e. The van der Waals surface area contributed by atoms with Crippen molar-refractivity contribution in [2.45, 2.75) is 19.5 Å². The van der Waals surface area contributed by atoms with Crippen LogP contribution in [0.25, 0.3) is 11.5 Å². The molecule has 0 amide bonds. The lowest BCUT2D eigenvalue weighted by atomic mass is 10.0. The van der Waals surface area contributed by atoms with Gasteiger partial charge in [0.05, 0.1) is 6.54 Å². The molecule has 2 aromatic carbocycles. The first-order valence-corrected chi connectivity index (χ1v) is 8.79. The van der Waals surface area contributed by atoms with Crippen molar-refractivity contribution in [1.29, 1.82) is 0 Å². The lowest BCUT2D eigenvalue weighted by molar-refractivity contribution is 0.148. The molecular weight excluding hydrogens is 367 g/mol. The fourth-order valence-electron chi connectivity index (χ4n) is 3.40. The number of hydrogen-bond acceptors (Lipinski definition) is 5. The van der Waals surface area contributed by atoms with Gasteiger partial charge in [0.15, 0.2) is 5.82 Å². The molecule has 1 aliphatic rings. The molecule has 0 aliphatic carbocycles. The summed E-state index contributed by atoms with van der Waals surface area (Å²) in [6.07, 6.45) is 0. The molecule has 1 aliphatic heterocycles. The summed E-state index contributed by atoms with van der Waals surface area (Å²) < 4.78 is 19.1. The minimum absolute atomic E-state index is 0. The summed E-state index contributed by atoms with van der Waals surface area (Å²) >= 11 is 0. The van der Waals surface area contributed by atoms with Crippen molar-refractivity contribution in [3.8, 4) is 11.5 Å². The van der Waals surface area contributed by atoms with Crippen molar-refractivity contribution in [2.24, 2.45) is 0 Å². The van der Waals surface area contributed by atoms with Gasteiger partial charge in [-0.25, -0.2) is 4.39 Å². The normalized spacial score (nSPS) is 17.5. The van der Waals surface area contributed by atoms with Crippen LogP contribution in [0.4, 0.5) is 4.39 Å². The molecule has 142 valence electrons. The number of nitrogens with one attached hydrogen (secondary N) is 1. The van der Waals surface area contributed by atoms with Crippen molar-refractivity contribution in [1.82, 2.24) is 20.4 Å². The zero-order valence-corrected chi connectivity index (χ0v) is 15.9. The van der Waals surface area contributed by atoms with E-state index < -0.39 is 0 Å². The van der Waals surface area contributed by atoms with Gasteiger partial charge in [0, 0.05) is 31.2 Å². The van der Waals surface area contributed by atoms with E-state index in [1.54, 1.807) is 12.1 Å². The van der Waals surface area contributed by atoms with Crippen LogP contribution in [-0.2, 0) is 6.54 Å². The third-order valence-electron chi connectivity index (χ3n) is 4.78. The van der Waals surface area contributed by atoms with Gasteiger partial charge in [-0.3, -0.25) is 4.90 Å². The average molecular weight is 389 g/mol. The van der Waals surface area contributed by atoms with E-state index in [0.717, 1.165) is 36.3 Å². The van der Waals surface area contributed by atoms with Crippen LogP contribution in [0, 0.1) is 12.7 Å². The molecule has 1 unspecified atom stereocenters. The summed E-state index contributed by atoms with van der Waals surface area (Å²) in [5.74, 6) is 0.969. The summed E-state index contributed by atoms with van der Waals surface area (Å²) in [4.78, 5) is 6.83. The molecule has 2 heterocycles. The minimum Gasteiger partial charge on any atom is -0.334 e. The van der Waals surface area contributed by atoms with Crippen molar-refractivity contribution in [3.05, 3.63) is 71.3 Å². The molecule has 1 saturated heterocycles. The molecule has 1 aromatic heterocycles. The first kappa shape index (κ1) is 19.5. The summed E-state index contributed by atoms with van der Waals surface area (Å²) in [5.41, 5.74) is 3.01. The molecule has 0 radical (unpaired) electrons. The molecule has 3 aromatic rings. The molecule has 1 atom stereocenters. The number of benzene rings is 2. The second-order valence-corrected chi connectivity index (χ2v) is 6.58. The Morgan fingerprint density at radius 3 is 2.89 bits per heavy atom. The molecule has 5 nitrogen and oxygen atoms in total. The Hall–Kier alpha value is -2.28. The number of aryl methyl sites for hydroxylation is 1. The van der Waals surface area contributed by atoms with Crippen LogP contribution in [0.2, 0.25) is 0 Å². The number of rotatable bonds is 4. The van der Waals surface area contributed by atoms with E-state index in [-0.39, 0.29) is 24.3 Å². The van der Waals surface area contributed by atoms with Gasteiger partial charge in [0.2, 0.25) is 0 Å². The van der Waals surface area contributed by atoms with Gasteiger partial charge in [-0.15, -0.1) is 12.4 Å². The molecule has 4 rings (SSSR count). The first-order chi connectivity index (χ1) is 12.7. The van der Waals surface area contributed by atoms with Crippen LogP contribution in [0.5, 0.6) is 0 Å². The Morgan fingerprint density at radius 1 is 1.22 bits per heavy atom. The zero-order valence-electron chi connectivity index (χ0n) is 15.1. The third kappa shape index (κ3) is 4.35. The van der Waals surface area contributed by atoms with E-state index in [1.807, 2.05) is 37.3 Å². The highest BCUT2D eigenvalue weighted by molar-refractivity contribution is 5.85. The summed E-state index contributed by atoms with van der Waals surface area (Å²) in [6, 6.07) is 14.8. The molecule has 1 fully saturated rings. The predicted molar refractivity (Wildman–Crippen MR) is 104 cm³/mol. The topological polar surface area (TPSA) is 54.2 Å². The summed E-state index contributed by atoms with van der Waals surface area (Å²) in [5, 5.41) is 7.53. The van der Waals surface area contributed by atoms with E-state index in [4.69, 9.17) is 4.52 Å². The summed E-state index contributed by atoms with van der Waals surface area (Å²) in [6.45, 7) is 5.09. The fourth-order valence-corrected chi connectivity index (χ4v) is 3.40. The van der Waals surface area contributed by atoms with E-state index >= 15 is 0 Å². The van der Waals surface area contributed by atoms with E-state index in [2.05, 4.69) is 20.4 Å². The van der Waals surface area contributed by atoms with Crippen LogP contribution >= 0.6 is 12.4 Å². The lowest BCUT2D eigenvalue weighted by Crippen LogP contribution is -2.45. The molecule has 27 heavy (non-hydrogen) atoms. The number of piperazine rings is 1. The van der Waals surface area contributed by atoms with Gasteiger partial charge < -0.3 is 9.84 Å². The Labute approximate surface area is 164 Å². The lowest BCUT2D eigenvalue weighted by Gasteiger charge is -2.35. The number of halogens is 2. The maximum absolute atomic E-state index is 13.6. The van der Waals surface area contributed by atoms with Gasteiger partial charge in [-0.05, 0) is 36.2 Å². The Kier molecular flexibility index (Phi) is 6.21. The SMILES string of the molecule is Cc1ccccc1-c1nc(CN2CCNCC2c2cccc(F)c2)no1.Cl. The Morgan fingerprint density at radius 2 is 2.07 bits per heavy atom. The van der Waals surface area contributed by atoms with Crippen LogP contribution in [-0.4, -0.2) is 34.7 Å². The zero-order chi connectivity index (χ0) is 17.9. The molecule has 7 heteroatoms. The quantitative estimate of drug-likeness (QED) is 0.737. The van der Waals surface area contributed by atoms with Crippen LogP contribution < -0.4 is 5.32 Å². The Balaban J connectivity index is 0.00000210. The van der Waals surface area contributed by atoms with Crippen LogP contribution in [0.3, 0.4) is 0 Å². The standard InChI is InChI=1S/C20H21FN4O.ClH/c1-14-5-2-3-8-17(14)20-23-19(24-26-20)13-25-10-9-22-12-18(25)15-6-4-7-16(21)11-15;/h2-8,11,18,22H,9-10,12-13H2,1H3;1H. The maximum Gasteiger partial charge on any atom is 0.258 e. The maximum atomic E-state index is 13.6. The molecule has 1 N–H and O–H groups in total. The van der Waals surface area contributed by atoms with E-state index in [0.29, 0.717) is 18.3 Å². The van der Waals surface area contributed by atoms with Crippen molar-refractivity contribution < 1.29 is 8.91 Å². The number of hydrogen-bond donors (Lipinski definition) is 1. The highest BCUT2D eigenvalue weighted by Crippen LogP contribution is 2.26. The molecular formula is C20H22ClFN4O. The molecule has 0 saturated carbocycles. The van der Waals surface area contributed by atoms with Gasteiger partial charge in [-0.1, -0.05) is 35.5 Å². The van der Waals surface area contributed by atoms with Crippen molar-refractivity contribution in [3.63, 3.8) is 0 Å². The van der Waals surface area contributed by atoms with Crippen LogP contribution in [0.15, 0.2) is 53.1 Å². The van der Waals surface area contributed by atoms with Gasteiger partial charge >= 0.3 is 0 Å². The van der Waals surface area contributed by atoms with E-state index in [9.17, 15) is 4.39 Å². The Bertz CT molecular complexity index is 901. The fraction of sp³-hybridized carbons (Fsp3) is 0.300. The summed E-state index contributed by atoms with van der Waals surface area (Å²) in [7, 11) is 0. The highest BCUT2D eigenvalue weighted by atomic mass is 35.5. The first-order valence-electron chi connectivity index (χ1n) is 8.79. The monoisotopic (exact) mass is 388 g/mol. The van der Waals surface area contributed by atoms with E-state index in [1.165, 1.54) is 6.07 Å². The molecule has 0 spiro atoms. The smallest absolute Gasteiger partial charge is 0.258 e. The van der Waals surface area contributed by atoms with Crippen molar-refractivity contribution in [2.75, 3.05) is 19.6 Å². The van der Waals surface area contributed by atoms with Gasteiger partial charge in [-0.2, -0.15) is 4.98 Å². The molecule has 0 bridgehead atoms. The van der Waals surface area contributed by atoms with Crippen molar-refractivity contribution >= 4 is 12.4 Å². The second kappa shape index (κ2) is 8.61. The number of nitrogens with zero attached hydrogens (tertiary/aromatic N) is 3. The number of aromatic nitrogens is 2. The third-order valence-corrected chi connectivity index (χ3v) is 4.78. The van der Waals surface area contributed by atoms with Crippen LogP contribution in [0.1, 0.15) is 23.0 Å².